The molecule has 1 amide bonds. The molecule has 0 bridgehead atoms. The highest BCUT2D eigenvalue weighted by atomic mass is 16.6. The third-order valence-electron chi connectivity index (χ3n) is 5.26. The average molecular weight is 453 g/mol. The second-order valence-corrected chi connectivity index (χ2v) is 7.56. The predicted octanol–water partition coefficient (Wildman–Crippen LogP) is 2.35. The van der Waals surface area contributed by atoms with E-state index in [0.717, 1.165) is 5.75 Å². The molecule has 1 aliphatic rings. The number of aliphatic hydroxyl groups excluding tert-OH is 1. The summed E-state index contributed by atoms with van der Waals surface area (Å²) in [6.07, 6.45) is 4.25. The predicted molar refractivity (Wildman–Crippen MR) is 120 cm³/mol. The van der Waals surface area contributed by atoms with E-state index in [1.165, 1.54) is 0 Å². The van der Waals surface area contributed by atoms with Crippen molar-refractivity contribution in [1.29, 1.82) is 0 Å². The molecular formula is C24H27N3O6. The van der Waals surface area contributed by atoms with Crippen LogP contribution in [0.2, 0.25) is 0 Å². The smallest absolute Gasteiger partial charge is 0.223 e. The number of nitrogens with one attached hydrogen (secondary N) is 1. The molecule has 2 N–H and O–H groups in total. The number of hydrogen-bond acceptors (Lipinski definition) is 7. The van der Waals surface area contributed by atoms with Crippen LogP contribution in [-0.2, 0) is 11.3 Å². The summed E-state index contributed by atoms with van der Waals surface area (Å²) in [6, 6.07) is 11.9. The Hall–Kier alpha value is -3.72. The van der Waals surface area contributed by atoms with Crippen LogP contribution in [-0.4, -0.2) is 53.5 Å². The van der Waals surface area contributed by atoms with Crippen molar-refractivity contribution >= 4 is 5.91 Å². The zero-order valence-corrected chi connectivity index (χ0v) is 18.3. The highest BCUT2D eigenvalue weighted by molar-refractivity contribution is 5.76. The van der Waals surface area contributed by atoms with E-state index >= 15 is 0 Å². The lowest BCUT2D eigenvalue weighted by Crippen LogP contribution is -2.42. The maximum atomic E-state index is 12.6. The van der Waals surface area contributed by atoms with E-state index < -0.39 is 12.1 Å². The molecule has 0 aliphatic carbocycles. The normalized spacial score (nSPS) is 14.2. The van der Waals surface area contributed by atoms with Crippen LogP contribution in [0.4, 0.5) is 0 Å². The van der Waals surface area contributed by atoms with Crippen molar-refractivity contribution in [3.8, 4) is 23.0 Å². The van der Waals surface area contributed by atoms with Gasteiger partial charge in [-0.25, -0.2) is 4.98 Å². The van der Waals surface area contributed by atoms with Gasteiger partial charge in [0.1, 0.15) is 30.8 Å². The van der Waals surface area contributed by atoms with Crippen molar-refractivity contribution in [1.82, 2.24) is 14.9 Å². The quantitative estimate of drug-likeness (QED) is 0.486. The first-order chi connectivity index (χ1) is 16.1. The molecule has 4 rings (SSSR count). The molecule has 2 heterocycles. The second-order valence-electron chi connectivity index (χ2n) is 7.56. The van der Waals surface area contributed by atoms with Gasteiger partial charge in [-0.3, -0.25) is 4.79 Å². The monoisotopic (exact) mass is 453 g/mol. The summed E-state index contributed by atoms with van der Waals surface area (Å²) in [6.45, 7) is 1.50. The molecule has 2 atom stereocenters. The highest BCUT2D eigenvalue weighted by Gasteiger charge is 2.25. The fourth-order valence-corrected chi connectivity index (χ4v) is 3.53. The Labute approximate surface area is 191 Å². The molecule has 0 saturated carbocycles. The number of carbonyl (C=O) groups is 1. The van der Waals surface area contributed by atoms with Crippen molar-refractivity contribution in [2.24, 2.45) is 0 Å². The van der Waals surface area contributed by atoms with E-state index in [1.807, 2.05) is 0 Å². The number of aliphatic hydroxyl groups is 1. The van der Waals surface area contributed by atoms with E-state index in [9.17, 15) is 9.90 Å². The summed E-state index contributed by atoms with van der Waals surface area (Å²) in [4.78, 5) is 16.7. The van der Waals surface area contributed by atoms with Crippen molar-refractivity contribution in [3.63, 3.8) is 0 Å². The molecule has 2 aromatic carbocycles. The Kier molecular flexibility index (Phi) is 7.31. The molecule has 3 aromatic rings. The van der Waals surface area contributed by atoms with Gasteiger partial charge in [0.05, 0.1) is 32.5 Å². The summed E-state index contributed by atoms with van der Waals surface area (Å²) in [5.74, 6) is 2.37. The summed E-state index contributed by atoms with van der Waals surface area (Å²) in [5.41, 5.74) is 0.624. The number of ether oxygens (including phenoxy) is 4. The molecule has 174 valence electrons. The topological polar surface area (TPSA) is 104 Å². The maximum absolute atomic E-state index is 12.6. The molecule has 0 radical (unpaired) electrons. The average Bonchev–Trinajstić information content (AvgIpc) is 3.36. The number of aromatic nitrogens is 2. The van der Waals surface area contributed by atoms with Gasteiger partial charge in [0.25, 0.3) is 0 Å². The van der Waals surface area contributed by atoms with E-state index in [-0.39, 0.29) is 18.9 Å². The van der Waals surface area contributed by atoms with Crippen LogP contribution in [0.15, 0.2) is 61.2 Å². The standard InChI is InChI=1S/C24H27N3O6/c1-30-18-3-5-19(6-4-18)31-11-8-23(28)26-20(15-27-10-9-25-16-27)24(29)17-2-7-21-22(14-17)33-13-12-32-21/h2-7,9-10,14,16,20,24,29H,8,11-13,15H2,1H3,(H,26,28)/t20?,24-/m1/s1. The summed E-state index contributed by atoms with van der Waals surface area (Å²) in [7, 11) is 1.60. The molecule has 0 saturated heterocycles. The van der Waals surface area contributed by atoms with E-state index in [4.69, 9.17) is 18.9 Å². The van der Waals surface area contributed by atoms with Crippen molar-refractivity contribution in [3.05, 3.63) is 66.7 Å². The zero-order valence-electron chi connectivity index (χ0n) is 18.3. The van der Waals surface area contributed by atoms with Crippen LogP contribution < -0.4 is 24.3 Å². The van der Waals surface area contributed by atoms with Crippen LogP contribution in [0.25, 0.3) is 0 Å². The van der Waals surface area contributed by atoms with Crippen LogP contribution in [0.5, 0.6) is 23.0 Å². The highest BCUT2D eigenvalue weighted by Crippen LogP contribution is 2.33. The molecule has 1 aromatic heterocycles. The molecule has 33 heavy (non-hydrogen) atoms. The molecule has 1 unspecified atom stereocenters. The van der Waals surface area contributed by atoms with E-state index in [2.05, 4.69) is 10.3 Å². The minimum Gasteiger partial charge on any atom is -0.497 e. The third kappa shape index (κ3) is 5.95. The number of rotatable bonds is 10. The summed E-state index contributed by atoms with van der Waals surface area (Å²) >= 11 is 0. The van der Waals surface area contributed by atoms with E-state index in [0.29, 0.717) is 42.6 Å². The van der Waals surface area contributed by atoms with Crippen molar-refractivity contribution in [2.45, 2.75) is 25.1 Å². The minimum absolute atomic E-state index is 0.139. The van der Waals surface area contributed by atoms with Gasteiger partial charge in [-0.15, -0.1) is 0 Å². The number of hydrogen-bond donors (Lipinski definition) is 2. The van der Waals surface area contributed by atoms with Crippen LogP contribution in [0.1, 0.15) is 18.1 Å². The first-order valence-electron chi connectivity index (χ1n) is 10.7. The Balaban J connectivity index is 1.38. The Morgan fingerprint density at radius 1 is 1.15 bits per heavy atom. The van der Waals surface area contributed by atoms with Crippen molar-refractivity contribution < 1.29 is 28.8 Å². The number of amides is 1. The molecular weight excluding hydrogens is 426 g/mol. The summed E-state index contributed by atoms with van der Waals surface area (Å²) < 4.78 is 23.8. The van der Waals surface area contributed by atoms with Gasteiger partial charge >= 0.3 is 0 Å². The zero-order chi connectivity index (χ0) is 23.0. The van der Waals surface area contributed by atoms with Gasteiger partial charge in [0.15, 0.2) is 11.5 Å². The Morgan fingerprint density at radius 3 is 2.64 bits per heavy atom. The first-order valence-corrected chi connectivity index (χ1v) is 10.7. The molecule has 0 fully saturated rings. The van der Waals surface area contributed by atoms with Crippen LogP contribution in [0.3, 0.4) is 0 Å². The number of carbonyl (C=O) groups excluding carboxylic acids is 1. The number of benzene rings is 2. The Bertz CT molecular complexity index is 1040. The van der Waals surface area contributed by atoms with Crippen LogP contribution >= 0.6 is 0 Å². The maximum Gasteiger partial charge on any atom is 0.223 e. The molecule has 0 spiro atoms. The lowest BCUT2D eigenvalue weighted by atomic mass is 10.0. The number of fused-ring (bicyclic) bond motifs is 1. The summed E-state index contributed by atoms with van der Waals surface area (Å²) in [5, 5.41) is 14.0. The number of nitrogens with zero attached hydrogens (tertiary/aromatic N) is 2. The van der Waals surface area contributed by atoms with Gasteiger partial charge < -0.3 is 33.9 Å². The third-order valence-corrected chi connectivity index (χ3v) is 5.26. The molecule has 9 heteroatoms. The second kappa shape index (κ2) is 10.7. The number of methoxy groups -OCH3 is 1. The first kappa shape index (κ1) is 22.5. The van der Waals surface area contributed by atoms with Gasteiger partial charge in [-0.1, -0.05) is 6.07 Å². The molecule has 9 nitrogen and oxygen atoms in total. The van der Waals surface area contributed by atoms with Crippen molar-refractivity contribution in [2.75, 3.05) is 26.9 Å². The van der Waals surface area contributed by atoms with Crippen LogP contribution in [0, 0.1) is 0 Å². The largest absolute Gasteiger partial charge is 0.497 e. The van der Waals surface area contributed by atoms with Gasteiger partial charge in [-0.05, 0) is 42.0 Å². The lowest BCUT2D eigenvalue weighted by Gasteiger charge is -2.26. The minimum atomic E-state index is -0.963. The Morgan fingerprint density at radius 2 is 1.91 bits per heavy atom. The lowest BCUT2D eigenvalue weighted by molar-refractivity contribution is -0.123. The number of imidazole rings is 1. The van der Waals surface area contributed by atoms with Gasteiger partial charge in [0, 0.05) is 18.9 Å². The van der Waals surface area contributed by atoms with Gasteiger partial charge in [-0.2, -0.15) is 0 Å². The fourth-order valence-electron chi connectivity index (χ4n) is 3.53. The SMILES string of the molecule is COc1ccc(OCCC(=O)NC(Cn2ccnc2)[C@H](O)c2ccc3c(c2)OCCO3)cc1. The fraction of sp³-hybridized carbons (Fsp3) is 0.333. The van der Waals surface area contributed by atoms with E-state index in [1.54, 1.807) is 72.9 Å². The van der Waals surface area contributed by atoms with Gasteiger partial charge in [0.2, 0.25) is 5.91 Å². The molecule has 1 aliphatic heterocycles.